The highest BCUT2D eigenvalue weighted by molar-refractivity contribution is 5.48. The summed E-state index contributed by atoms with van der Waals surface area (Å²) in [7, 11) is 0. The standard InChI is InChI=1S/C38H38O8.C15H26O6/c1-9-29(39-17-33-21-43-33)10-2-25(1)37(26-3-11-30(12-4-26)40-18-34-22-44-34)38(27-5-13-31(14-6-27)41-19-35-23-45-35)28-7-15-32(16-8-28)42-20-36-24-46-36;1-2-15(9-16-3-12-6-19-12,10-17-4-13-7-20-13)11-18-5-14-8-21-14/h1-16,33-38H,17-24H2;12-14H,2-11H2,1H3. The third kappa shape index (κ3) is 15.1. The van der Waals surface area contributed by atoms with E-state index >= 15 is 0 Å². The Morgan fingerprint density at radius 1 is 0.358 bits per heavy atom. The number of ether oxygens (including phenoxy) is 14. The molecule has 7 saturated heterocycles. The summed E-state index contributed by atoms with van der Waals surface area (Å²) in [5.41, 5.74) is 4.61. The molecule has 11 rings (SSSR count). The van der Waals surface area contributed by atoms with Gasteiger partial charge in [-0.05, 0) is 77.2 Å². The van der Waals surface area contributed by atoms with Crippen LogP contribution in [-0.4, -0.2) is 155 Å². The Balaban J connectivity index is 0.000000209. The van der Waals surface area contributed by atoms with Crippen LogP contribution >= 0.6 is 0 Å². The normalized spacial score (nSPS) is 26.4. The van der Waals surface area contributed by atoms with Crippen molar-refractivity contribution >= 4 is 0 Å². The van der Waals surface area contributed by atoms with E-state index in [-0.39, 0.29) is 41.7 Å². The van der Waals surface area contributed by atoms with Crippen LogP contribution in [0.5, 0.6) is 23.0 Å². The molecule has 0 spiro atoms. The molecule has 0 bridgehead atoms. The van der Waals surface area contributed by atoms with Gasteiger partial charge in [0.05, 0.1) is 85.9 Å². The molecule has 0 aromatic heterocycles. The maximum atomic E-state index is 5.98. The number of epoxide rings is 7. The summed E-state index contributed by atoms with van der Waals surface area (Å²) >= 11 is 0. The van der Waals surface area contributed by atoms with Gasteiger partial charge in [-0.2, -0.15) is 0 Å². The van der Waals surface area contributed by atoms with Crippen molar-refractivity contribution in [3.05, 3.63) is 119 Å². The van der Waals surface area contributed by atoms with E-state index in [1.807, 2.05) is 0 Å². The van der Waals surface area contributed by atoms with Gasteiger partial charge in [0.2, 0.25) is 0 Å². The Morgan fingerprint density at radius 3 is 0.761 bits per heavy atom. The van der Waals surface area contributed by atoms with Crippen molar-refractivity contribution < 1.29 is 66.3 Å². The molecule has 0 radical (unpaired) electrons. The molecule has 67 heavy (non-hydrogen) atoms. The summed E-state index contributed by atoms with van der Waals surface area (Å²) < 4.78 is 78.2. The van der Waals surface area contributed by atoms with Crippen molar-refractivity contribution in [2.24, 2.45) is 5.41 Å². The van der Waals surface area contributed by atoms with Gasteiger partial charge in [0, 0.05) is 17.3 Å². The SMILES string of the molecule is CCC(COCC1CO1)(COCC1CO1)COCC1CO1.c1cc(C(c2ccc(OCC3CO3)cc2)C(c2ccc(OCC3CO3)cc2)c2ccc(OCC3CO3)cc2)ccc1OCC1CO1. The Kier molecular flexibility index (Phi) is 15.5. The molecule has 360 valence electrons. The summed E-state index contributed by atoms with van der Waals surface area (Å²) in [5, 5.41) is 0. The number of rotatable bonds is 30. The molecule has 7 atom stereocenters. The first kappa shape index (κ1) is 46.4. The van der Waals surface area contributed by atoms with E-state index in [4.69, 9.17) is 66.3 Å². The fraction of sp³-hybridized carbons (Fsp3) is 0.547. The van der Waals surface area contributed by atoms with E-state index in [2.05, 4.69) is 104 Å². The molecule has 0 amide bonds. The average molecular weight is 925 g/mol. The topological polar surface area (TPSA) is 152 Å². The lowest BCUT2D eigenvalue weighted by atomic mass is 9.73. The van der Waals surface area contributed by atoms with Crippen LogP contribution in [0.1, 0.15) is 47.4 Å². The van der Waals surface area contributed by atoms with Gasteiger partial charge in [0.25, 0.3) is 0 Å². The molecular formula is C53H64O14. The minimum Gasteiger partial charge on any atom is -0.491 e. The van der Waals surface area contributed by atoms with Crippen LogP contribution in [0.15, 0.2) is 97.1 Å². The fourth-order valence-corrected chi connectivity index (χ4v) is 7.80. The first-order valence-corrected chi connectivity index (χ1v) is 24.0. The van der Waals surface area contributed by atoms with Crippen LogP contribution in [0.4, 0.5) is 0 Å². The predicted molar refractivity (Wildman–Crippen MR) is 245 cm³/mol. The smallest absolute Gasteiger partial charge is 0.119 e. The first-order valence-electron chi connectivity index (χ1n) is 24.0. The molecule has 0 saturated carbocycles. The van der Waals surface area contributed by atoms with Gasteiger partial charge in [-0.15, -0.1) is 0 Å². The van der Waals surface area contributed by atoms with Gasteiger partial charge in [0.1, 0.15) is 92.2 Å². The lowest BCUT2D eigenvalue weighted by Crippen LogP contribution is -2.38. The van der Waals surface area contributed by atoms with Gasteiger partial charge in [0.15, 0.2) is 0 Å². The van der Waals surface area contributed by atoms with Crippen LogP contribution in [0.2, 0.25) is 0 Å². The second kappa shape index (κ2) is 22.4. The zero-order valence-electron chi connectivity index (χ0n) is 38.4. The van der Waals surface area contributed by atoms with Gasteiger partial charge in [-0.1, -0.05) is 55.5 Å². The van der Waals surface area contributed by atoms with Gasteiger partial charge in [-0.3, -0.25) is 0 Å². The van der Waals surface area contributed by atoms with Crippen molar-refractivity contribution in [3.8, 4) is 23.0 Å². The van der Waals surface area contributed by atoms with Crippen molar-refractivity contribution in [1.82, 2.24) is 0 Å². The monoisotopic (exact) mass is 924 g/mol. The second-order valence-corrected chi connectivity index (χ2v) is 18.6. The molecule has 0 aliphatic carbocycles. The Hall–Kier alpha value is -4.32. The summed E-state index contributed by atoms with van der Waals surface area (Å²) in [4.78, 5) is 0. The molecule has 14 nitrogen and oxygen atoms in total. The van der Waals surface area contributed by atoms with Crippen molar-refractivity contribution in [2.45, 2.75) is 67.9 Å². The lowest BCUT2D eigenvalue weighted by Gasteiger charge is -2.32. The maximum absolute atomic E-state index is 5.98. The van der Waals surface area contributed by atoms with Crippen molar-refractivity contribution in [1.29, 1.82) is 0 Å². The molecule has 14 heteroatoms. The highest BCUT2D eigenvalue weighted by Gasteiger charge is 2.35. The molecule has 7 unspecified atom stereocenters. The van der Waals surface area contributed by atoms with Gasteiger partial charge < -0.3 is 66.3 Å². The lowest BCUT2D eigenvalue weighted by molar-refractivity contribution is -0.0762. The van der Waals surface area contributed by atoms with Crippen LogP contribution < -0.4 is 18.9 Å². The number of benzene rings is 4. The molecule has 0 N–H and O–H groups in total. The maximum Gasteiger partial charge on any atom is 0.119 e. The minimum absolute atomic E-state index is 0.0140. The van der Waals surface area contributed by atoms with E-state index in [0.29, 0.717) is 84.4 Å². The van der Waals surface area contributed by atoms with Crippen LogP contribution in [-0.2, 0) is 47.4 Å². The predicted octanol–water partition coefficient (Wildman–Crippen LogP) is 6.39. The highest BCUT2D eigenvalue weighted by atomic mass is 16.6. The molecule has 7 aliphatic heterocycles. The van der Waals surface area contributed by atoms with Crippen molar-refractivity contribution in [3.63, 3.8) is 0 Å². The summed E-state index contributed by atoms with van der Waals surface area (Å²) in [6.45, 7) is 13.9. The van der Waals surface area contributed by atoms with Crippen LogP contribution in [0.3, 0.4) is 0 Å². The summed E-state index contributed by atoms with van der Waals surface area (Å²) in [6, 6.07) is 33.9. The largest absolute Gasteiger partial charge is 0.491 e. The highest BCUT2D eigenvalue weighted by Crippen LogP contribution is 2.44. The molecule has 7 aliphatic rings. The third-order valence-electron chi connectivity index (χ3n) is 12.7. The van der Waals surface area contributed by atoms with Gasteiger partial charge >= 0.3 is 0 Å². The van der Waals surface area contributed by atoms with Crippen LogP contribution in [0, 0.1) is 5.41 Å². The van der Waals surface area contributed by atoms with E-state index in [1.54, 1.807) is 0 Å². The fourth-order valence-electron chi connectivity index (χ4n) is 7.80. The summed E-state index contributed by atoms with van der Waals surface area (Å²) in [5.74, 6) is 3.32. The second-order valence-electron chi connectivity index (χ2n) is 18.6. The summed E-state index contributed by atoms with van der Waals surface area (Å²) in [6.07, 6.45) is 2.65. The van der Waals surface area contributed by atoms with E-state index < -0.39 is 0 Å². The molecule has 7 heterocycles. The molecular weight excluding hydrogens is 861 g/mol. The molecule has 4 aromatic rings. The molecule has 7 fully saturated rings. The van der Waals surface area contributed by atoms with E-state index in [1.165, 1.54) is 22.3 Å². The Morgan fingerprint density at radius 2 is 0.567 bits per heavy atom. The zero-order valence-corrected chi connectivity index (χ0v) is 38.4. The Bertz CT molecular complexity index is 1800. The van der Waals surface area contributed by atoms with Crippen molar-refractivity contribution in [2.75, 3.05) is 112 Å². The van der Waals surface area contributed by atoms with E-state index in [9.17, 15) is 0 Å². The average Bonchev–Trinajstić information content (AvgIpc) is 4.16. The first-order chi connectivity index (χ1) is 33.0. The van der Waals surface area contributed by atoms with Crippen LogP contribution in [0.25, 0.3) is 0 Å². The van der Waals surface area contributed by atoms with Gasteiger partial charge in [-0.25, -0.2) is 0 Å². The number of hydrogen-bond acceptors (Lipinski definition) is 14. The van der Waals surface area contributed by atoms with E-state index in [0.717, 1.165) is 75.7 Å². The quantitative estimate of drug-likeness (QED) is 0.0531. The Labute approximate surface area is 393 Å². The molecule has 4 aromatic carbocycles. The zero-order chi connectivity index (χ0) is 45.3. The third-order valence-corrected chi connectivity index (χ3v) is 12.7. The minimum atomic E-state index is -0.0985. The number of hydrogen-bond donors (Lipinski definition) is 0.